The maximum Gasteiger partial charge on any atom is 0.162 e. The lowest BCUT2D eigenvalue weighted by Gasteiger charge is -2.04. The van der Waals surface area contributed by atoms with Gasteiger partial charge in [0, 0.05) is 12.0 Å². The third-order valence-corrected chi connectivity index (χ3v) is 3.99. The molecule has 0 aromatic heterocycles. The molecule has 0 spiro atoms. The maximum absolute atomic E-state index is 13.2. The Morgan fingerprint density at radius 2 is 1.52 bits per heavy atom. The fourth-order valence-corrected chi connectivity index (χ4v) is 2.56. The molecule has 118 valence electrons. The van der Waals surface area contributed by atoms with Crippen molar-refractivity contribution in [2.75, 3.05) is 0 Å². The Labute approximate surface area is 129 Å². The minimum absolute atomic E-state index is 0.140. The zero-order valence-electron chi connectivity index (χ0n) is 13.6. The molecule has 1 aromatic carbocycles. The van der Waals surface area contributed by atoms with E-state index in [-0.39, 0.29) is 11.6 Å². The van der Waals surface area contributed by atoms with Crippen molar-refractivity contribution in [3.8, 4) is 0 Å². The number of rotatable bonds is 11. The van der Waals surface area contributed by atoms with Crippen LogP contribution in [0.3, 0.4) is 0 Å². The standard InChI is InChI=1S/C19H29FO/c1-3-4-5-6-7-8-9-10-11-12-19(21)17-13-14-18(20)16(2)15-17/h13-15H,3-12H2,1-2H3. The van der Waals surface area contributed by atoms with Crippen LogP contribution in [0.4, 0.5) is 4.39 Å². The normalized spacial score (nSPS) is 10.8. The molecule has 1 rings (SSSR count). The van der Waals surface area contributed by atoms with Crippen molar-refractivity contribution in [1.29, 1.82) is 0 Å². The fraction of sp³-hybridized carbons (Fsp3) is 0.632. The number of hydrogen-bond donors (Lipinski definition) is 0. The van der Waals surface area contributed by atoms with E-state index in [4.69, 9.17) is 0 Å². The molecule has 0 amide bonds. The fourth-order valence-electron chi connectivity index (χ4n) is 2.56. The van der Waals surface area contributed by atoms with Crippen LogP contribution in [0.25, 0.3) is 0 Å². The predicted molar refractivity (Wildman–Crippen MR) is 87.3 cm³/mol. The minimum atomic E-state index is -0.241. The van der Waals surface area contributed by atoms with Crippen LogP contribution in [0.5, 0.6) is 0 Å². The van der Waals surface area contributed by atoms with Crippen LogP contribution in [-0.2, 0) is 0 Å². The second-order valence-electron chi connectivity index (χ2n) is 5.97. The van der Waals surface area contributed by atoms with E-state index in [2.05, 4.69) is 6.92 Å². The van der Waals surface area contributed by atoms with Gasteiger partial charge < -0.3 is 0 Å². The maximum atomic E-state index is 13.2. The van der Waals surface area contributed by atoms with Gasteiger partial charge in [-0.1, -0.05) is 58.3 Å². The highest BCUT2D eigenvalue weighted by molar-refractivity contribution is 5.96. The highest BCUT2D eigenvalue weighted by Gasteiger charge is 2.07. The van der Waals surface area contributed by atoms with Gasteiger partial charge in [-0.15, -0.1) is 0 Å². The van der Waals surface area contributed by atoms with E-state index in [1.54, 1.807) is 19.1 Å². The molecule has 0 unspecified atom stereocenters. The Balaban J connectivity index is 2.09. The van der Waals surface area contributed by atoms with Crippen LogP contribution in [0.15, 0.2) is 18.2 Å². The van der Waals surface area contributed by atoms with E-state index in [0.717, 1.165) is 12.8 Å². The number of aryl methyl sites for hydroxylation is 1. The Hall–Kier alpha value is -1.18. The van der Waals surface area contributed by atoms with Crippen LogP contribution in [0, 0.1) is 12.7 Å². The molecule has 21 heavy (non-hydrogen) atoms. The number of Topliss-reactive ketones (excluding diaryl/α,β-unsaturated/α-hetero) is 1. The summed E-state index contributed by atoms with van der Waals surface area (Å²) in [6.45, 7) is 3.93. The van der Waals surface area contributed by atoms with E-state index in [0.29, 0.717) is 17.5 Å². The molecule has 0 atom stereocenters. The lowest BCUT2D eigenvalue weighted by Crippen LogP contribution is -2.00. The summed E-state index contributed by atoms with van der Waals surface area (Å²) in [5.41, 5.74) is 1.20. The van der Waals surface area contributed by atoms with E-state index >= 15 is 0 Å². The molecule has 0 aliphatic rings. The first-order chi connectivity index (χ1) is 10.1. The summed E-state index contributed by atoms with van der Waals surface area (Å²) >= 11 is 0. The summed E-state index contributed by atoms with van der Waals surface area (Å²) in [4.78, 5) is 12.0. The van der Waals surface area contributed by atoms with E-state index in [1.807, 2.05) is 0 Å². The zero-order valence-corrected chi connectivity index (χ0v) is 13.6. The van der Waals surface area contributed by atoms with Gasteiger partial charge in [-0.2, -0.15) is 0 Å². The number of hydrogen-bond acceptors (Lipinski definition) is 1. The second kappa shape index (κ2) is 10.5. The Bertz CT molecular complexity index is 426. The van der Waals surface area contributed by atoms with Gasteiger partial charge in [0.15, 0.2) is 5.78 Å². The molecule has 0 bridgehead atoms. The van der Waals surface area contributed by atoms with Gasteiger partial charge in [0.25, 0.3) is 0 Å². The van der Waals surface area contributed by atoms with Crippen molar-refractivity contribution in [2.45, 2.75) is 78.1 Å². The molecule has 2 heteroatoms. The van der Waals surface area contributed by atoms with Crippen LogP contribution >= 0.6 is 0 Å². The van der Waals surface area contributed by atoms with Gasteiger partial charge in [0.2, 0.25) is 0 Å². The van der Waals surface area contributed by atoms with Crippen molar-refractivity contribution >= 4 is 5.78 Å². The molecule has 0 fully saturated rings. The van der Waals surface area contributed by atoms with Crippen molar-refractivity contribution in [1.82, 2.24) is 0 Å². The largest absolute Gasteiger partial charge is 0.294 e. The first-order valence-electron chi connectivity index (χ1n) is 8.44. The van der Waals surface area contributed by atoms with Crippen LogP contribution < -0.4 is 0 Å². The van der Waals surface area contributed by atoms with E-state index < -0.39 is 0 Å². The second-order valence-corrected chi connectivity index (χ2v) is 5.97. The lowest BCUT2D eigenvalue weighted by atomic mass is 10.0. The molecule has 0 heterocycles. The number of carbonyl (C=O) groups is 1. The number of carbonyl (C=O) groups excluding carboxylic acids is 1. The summed E-state index contributed by atoms with van der Waals surface area (Å²) in [5, 5.41) is 0. The number of benzene rings is 1. The Morgan fingerprint density at radius 3 is 2.10 bits per heavy atom. The minimum Gasteiger partial charge on any atom is -0.294 e. The molecule has 0 N–H and O–H groups in total. The van der Waals surface area contributed by atoms with Crippen molar-refractivity contribution in [3.05, 3.63) is 35.1 Å². The van der Waals surface area contributed by atoms with Gasteiger partial charge in [-0.3, -0.25) is 4.79 Å². The first-order valence-corrected chi connectivity index (χ1v) is 8.44. The molecular formula is C19H29FO. The van der Waals surface area contributed by atoms with Crippen LogP contribution in [0.1, 0.15) is 87.1 Å². The molecular weight excluding hydrogens is 263 g/mol. The molecule has 1 aromatic rings. The van der Waals surface area contributed by atoms with Gasteiger partial charge in [0.1, 0.15) is 5.82 Å². The number of ketones is 1. The summed E-state index contributed by atoms with van der Waals surface area (Å²) in [7, 11) is 0. The molecule has 1 nitrogen and oxygen atoms in total. The van der Waals surface area contributed by atoms with E-state index in [9.17, 15) is 9.18 Å². The van der Waals surface area contributed by atoms with Gasteiger partial charge in [0.05, 0.1) is 0 Å². The molecule has 0 radical (unpaired) electrons. The summed E-state index contributed by atoms with van der Waals surface area (Å²) in [6.07, 6.45) is 11.8. The molecule has 0 saturated heterocycles. The predicted octanol–water partition coefficient (Wildman–Crippen LogP) is 6.24. The van der Waals surface area contributed by atoms with Gasteiger partial charge >= 0.3 is 0 Å². The third-order valence-electron chi connectivity index (χ3n) is 3.99. The molecule has 0 saturated carbocycles. The molecule has 0 aliphatic heterocycles. The molecule has 0 aliphatic carbocycles. The average Bonchev–Trinajstić information content (AvgIpc) is 2.48. The Kier molecular flexibility index (Phi) is 8.96. The summed E-state index contributed by atoms with van der Waals surface area (Å²) in [6, 6.07) is 4.64. The monoisotopic (exact) mass is 292 g/mol. The van der Waals surface area contributed by atoms with Crippen LogP contribution in [-0.4, -0.2) is 5.78 Å². The topological polar surface area (TPSA) is 17.1 Å². The highest BCUT2D eigenvalue weighted by Crippen LogP contribution is 2.14. The summed E-state index contributed by atoms with van der Waals surface area (Å²) < 4.78 is 13.2. The van der Waals surface area contributed by atoms with Crippen molar-refractivity contribution in [2.24, 2.45) is 0 Å². The van der Waals surface area contributed by atoms with Crippen molar-refractivity contribution in [3.63, 3.8) is 0 Å². The summed E-state index contributed by atoms with van der Waals surface area (Å²) in [5.74, 6) is -0.101. The first kappa shape index (κ1) is 17.9. The SMILES string of the molecule is CCCCCCCCCCCC(=O)c1ccc(F)c(C)c1. The zero-order chi connectivity index (χ0) is 15.5. The lowest BCUT2D eigenvalue weighted by molar-refractivity contribution is 0.0979. The quantitative estimate of drug-likeness (QED) is 0.348. The van der Waals surface area contributed by atoms with E-state index in [1.165, 1.54) is 51.0 Å². The number of unbranched alkanes of at least 4 members (excludes halogenated alkanes) is 8. The van der Waals surface area contributed by atoms with Gasteiger partial charge in [-0.05, 0) is 37.1 Å². The van der Waals surface area contributed by atoms with Crippen molar-refractivity contribution < 1.29 is 9.18 Å². The third kappa shape index (κ3) is 7.40. The number of halogens is 1. The highest BCUT2D eigenvalue weighted by atomic mass is 19.1. The Morgan fingerprint density at radius 1 is 0.952 bits per heavy atom. The van der Waals surface area contributed by atoms with Gasteiger partial charge in [-0.25, -0.2) is 4.39 Å². The average molecular weight is 292 g/mol. The smallest absolute Gasteiger partial charge is 0.162 e. The van der Waals surface area contributed by atoms with Crippen LogP contribution in [0.2, 0.25) is 0 Å².